The number of carbonyl (C=O) groups excluding carboxylic acids is 1. The average Bonchev–Trinajstić information content (AvgIpc) is 3.12. The number of hydrogen-bond donors (Lipinski definition) is 2. The summed E-state index contributed by atoms with van der Waals surface area (Å²) >= 11 is 0. The molecule has 4 heteroatoms. The summed E-state index contributed by atoms with van der Waals surface area (Å²) in [5, 5.41) is 12.2. The highest BCUT2D eigenvalue weighted by molar-refractivity contribution is 5.81. The van der Waals surface area contributed by atoms with E-state index in [0.29, 0.717) is 12.0 Å². The number of carbonyl (C=O) groups is 1. The van der Waals surface area contributed by atoms with E-state index in [1.165, 1.54) is 0 Å². The molecule has 2 atom stereocenters. The van der Waals surface area contributed by atoms with E-state index >= 15 is 0 Å². The van der Waals surface area contributed by atoms with E-state index in [4.69, 9.17) is 5.11 Å². The number of nitrogens with one attached hydrogen (secondary N) is 1. The second-order valence-corrected chi connectivity index (χ2v) is 5.14. The summed E-state index contributed by atoms with van der Waals surface area (Å²) in [4.78, 5) is 14.1. The molecule has 1 aliphatic heterocycles. The van der Waals surface area contributed by atoms with Crippen LogP contribution in [0.1, 0.15) is 32.6 Å². The number of amides is 1. The summed E-state index contributed by atoms with van der Waals surface area (Å²) in [7, 11) is 0. The fourth-order valence-corrected chi connectivity index (χ4v) is 2.31. The van der Waals surface area contributed by atoms with Crippen LogP contribution >= 0.6 is 0 Å². The lowest BCUT2D eigenvalue weighted by Gasteiger charge is -2.35. The Balaban J connectivity index is 1.82. The van der Waals surface area contributed by atoms with Crippen molar-refractivity contribution in [3.63, 3.8) is 0 Å². The zero-order valence-electron chi connectivity index (χ0n) is 9.98. The van der Waals surface area contributed by atoms with Gasteiger partial charge in [0.1, 0.15) is 0 Å². The number of aliphatic hydroxyl groups is 1. The van der Waals surface area contributed by atoms with Gasteiger partial charge >= 0.3 is 0 Å². The standard InChI is InChI=1S/C12H22N2O2/c1-9(12(16)13-11-4-5-11)14-6-2-3-10(7-14)8-15/h9-11,15H,2-8H2,1H3,(H,13,16). The first-order valence-electron chi connectivity index (χ1n) is 6.36. The predicted octanol–water partition coefficient (Wildman–Crippen LogP) is 0.358. The number of nitrogens with zero attached hydrogens (tertiary/aromatic N) is 1. The van der Waals surface area contributed by atoms with Crippen LogP contribution in [-0.2, 0) is 4.79 Å². The Morgan fingerprint density at radius 3 is 2.88 bits per heavy atom. The Morgan fingerprint density at radius 1 is 1.50 bits per heavy atom. The van der Waals surface area contributed by atoms with Gasteiger partial charge in [-0.25, -0.2) is 0 Å². The normalized spacial score (nSPS) is 28.8. The fourth-order valence-electron chi connectivity index (χ4n) is 2.31. The summed E-state index contributed by atoms with van der Waals surface area (Å²) in [5.41, 5.74) is 0. The van der Waals surface area contributed by atoms with Crippen molar-refractivity contribution in [1.29, 1.82) is 0 Å². The number of aliphatic hydroxyl groups excluding tert-OH is 1. The van der Waals surface area contributed by atoms with Gasteiger partial charge in [-0.1, -0.05) is 0 Å². The van der Waals surface area contributed by atoms with E-state index in [1.807, 2.05) is 6.92 Å². The van der Waals surface area contributed by atoms with E-state index in [9.17, 15) is 4.79 Å². The minimum absolute atomic E-state index is 0.0463. The summed E-state index contributed by atoms with van der Waals surface area (Å²) < 4.78 is 0. The van der Waals surface area contributed by atoms with Crippen molar-refractivity contribution in [2.45, 2.75) is 44.7 Å². The maximum Gasteiger partial charge on any atom is 0.237 e. The van der Waals surface area contributed by atoms with Crippen molar-refractivity contribution in [2.24, 2.45) is 5.92 Å². The van der Waals surface area contributed by atoms with Gasteiger partial charge in [0.15, 0.2) is 0 Å². The molecule has 1 heterocycles. The number of rotatable bonds is 4. The van der Waals surface area contributed by atoms with Crippen molar-refractivity contribution >= 4 is 5.91 Å². The molecule has 16 heavy (non-hydrogen) atoms. The molecule has 0 aromatic heterocycles. The molecule has 2 N–H and O–H groups in total. The van der Waals surface area contributed by atoms with Crippen LogP contribution in [-0.4, -0.2) is 47.7 Å². The molecule has 92 valence electrons. The molecule has 2 fully saturated rings. The largest absolute Gasteiger partial charge is 0.396 e. The van der Waals surface area contributed by atoms with Gasteiger partial charge in [-0.05, 0) is 45.1 Å². The molecule has 2 rings (SSSR count). The monoisotopic (exact) mass is 226 g/mol. The lowest BCUT2D eigenvalue weighted by molar-refractivity contribution is -0.126. The molecular weight excluding hydrogens is 204 g/mol. The zero-order chi connectivity index (χ0) is 11.5. The van der Waals surface area contributed by atoms with Crippen molar-refractivity contribution in [3.05, 3.63) is 0 Å². The minimum Gasteiger partial charge on any atom is -0.396 e. The third-order valence-electron chi connectivity index (χ3n) is 3.66. The quantitative estimate of drug-likeness (QED) is 0.727. The maximum absolute atomic E-state index is 11.9. The smallest absolute Gasteiger partial charge is 0.237 e. The van der Waals surface area contributed by atoms with Gasteiger partial charge in [0, 0.05) is 19.2 Å². The summed E-state index contributed by atoms with van der Waals surface area (Å²) in [5.74, 6) is 0.506. The molecule has 2 aliphatic rings. The SMILES string of the molecule is CC(C(=O)NC1CC1)N1CCCC(CO)C1. The Morgan fingerprint density at radius 2 is 2.25 bits per heavy atom. The second kappa shape index (κ2) is 5.15. The molecular formula is C12H22N2O2. The molecule has 1 saturated heterocycles. The van der Waals surface area contributed by atoms with E-state index < -0.39 is 0 Å². The first-order valence-corrected chi connectivity index (χ1v) is 6.36. The van der Waals surface area contributed by atoms with Gasteiger partial charge in [0.05, 0.1) is 6.04 Å². The first kappa shape index (κ1) is 11.9. The van der Waals surface area contributed by atoms with Crippen molar-refractivity contribution < 1.29 is 9.90 Å². The van der Waals surface area contributed by atoms with Crippen LogP contribution in [0.4, 0.5) is 0 Å². The van der Waals surface area contributed by atoms with E-state index in [2.05, 4.69) is 10.2 Å². The molecule has 1 saturated carbocycles. The van der Waals surface area contributed by atoms with Crippen LogP contribution < -0.4 is 5.32 Å². The summed E-state index contributed by atoms with van der Waals surface area (Å²) in [6.45, 7) is 4.05. The molecule has 1 aliphatic carbocycles. The van der Waals surface area contributed by atoms with Crippen molar-refractivity contribution in [3.8, 4) is 0 Å². The van der Waals surface area contributed by atoms with Gasteiger partial charge in [-0.3, -0.25) is 9.69 Å². The van der Waals surface area contributed by atoms with Gasteiger partial charge < -0.3 is 10.4 Å². The molecule has 0 aromatic carbocycles. The molecule has 0 spiro atoms. The highest BCUT2D eigenvalue weighted by Gasteiger charge is 2.30. The van der Waals surface area contributed by atoms with Gasteiger partial charge in [-0.15, -0.1) is 0 Å². The Bertz CT molecular complexity index is 253. The van der Waals surface area contributed by atoms with Gasteiger partial charge in [0.25, 0.3) is 0 Å². The summed E-state index contributed by atoms with van der Waals surface area (Å²) in [6, 6.07) is 0.392. The fraction of sp³-hybridized carbons (Fsp3) is 0.917. The molecule has 4 nitrogen and oxygen atoms in total. The van der Waals surface area contributed by atoms with Crippen LogP contribution in [0, 0.1) is 5.92 Å². The third kappa shape index (κ3) is 2.95. The zero-order valence-corrected chi connectivity index (χ0v) is 9.98. The average molecular weight is 226 g/mol. The van der Waals surface area contributed by atoms with Crippen molar-refractivity contribution in [1.82, 2.24) is 10.2 Å². The first-order chi connectivity index (χ1) is 7.70. The van der Waals surface area contributed by atoms with Crippen molar-refractivity contribution in [2.75, 3.05) is 19.7 Å². The van der Waals surface area contributed by atoms with Crippen LogP contribution in [0.3, 0.4) is 0 Å². The Hall–Kier alpha value is -0.610. The minimum atomic E-state index is -0.0463. The summed E-state index contributed by atoms with van der Waals surface area (Å²) in [6.07, 6.45) is 4.45. The van der Waals surface area contributed by atoms with Crippen LogP contribution in [0.5, 0.6) is 0 Å². The van der Waals surface area contributed by atoms with Crippen LogP contribution in [0.2, 0.25) is 0 Å². The number of likely N-dealkylation sites (tertiary alicyclic amines) is 1. The molecule has 0 bridgehead atoms. The molecule has 0 radical (unpaired) electrons. The number of piperidine rings is 1. The lowest BCUT2D eigenvalue weighted by Crippen LogP contribution is -2.49. The van der Waals surface area contributed by atoms with Gasteiger partial charge in [0.2, 0.25) is 5.91 Å². The highest BCUT2D eigenvalue weighted by atomic mass is 16.3. The number of hydrogen-bond acceptors (Lipinski definition) is 3. The maximum atomic E-state index is 11.9. The highest BCUT2D eigenvalue weighted by Crippen LogP contribution is 2.21. The Labute approximate surface area is 97.0 Å². The molecule has 1 amide bonds. The topological polar surface area (TPSA) is 52.6 Å². The predicted molar refractivity (Wildman–Crippen MR) is 62.0 cm³/mol. The van der Waals surface area contributed by atoms with Gasteiger partial charge in [-0.2, -0.15) is 0 Å². The molecule has 0 aromatic rings. The molecule has 2 unspecified atom stereocenters. The van der Waals surface area contributed by atoms with E-state index in [-0.39, 0.29) is 18.6 Å². The second-order valence-electron chi connectivity index (χ2n) is 5.14. The third-order valence-corrected chi connectivity index (χ3v) is 3.66. The van der Waals surface area contributed by atoms with Crippen LogP contribution in [0.25, 0.3) is 0 Å². The van der Waals surface area contributed by atoms with Crippen LogP contribution in [0.15, 0.2) is 0 Å². The Kier molecular flexibility index (Phi) is 3.82. The van der Waals surface area contributed by atoms with E-state index in [0.717, 1.165) is 38.8 Å². The lowest BCUT2D eigenvalue weighted by atomic mass is 9.97. The van der Waals surface area contributed by atoms with E-state index in [1.54, 1.807) is 0 Å².